The molecule has 1 aliphatic carbocycles. The van der Waals surface area contributed by atoms with Crippen molar-refractivity contribution in [1.29, 1.82) is 0 Å². The first-order chi connectivity index (χ1) is 8.40. The van der Waals surface area contributed by atoms with Crippen LogP contribution in [-0.4, -0.2) is 24.2 Å². The lowest BCUT2D eigenvalue weighted by atomic mass is 9.75. The Bertz CT molecular complexity index is 268. The van der Waals surface area contributed by atoms with Gasteiger partial charge < -0.3 is 10.4 Å². The van der Waals surface area contributed by atoms with Gasteiger partial charge in [-0.3, -0.25) is 4.79 Å². The highest BCUT2D eigenvalue weighted by Crippen LogP contribution is 2.36. The summed E-state index contributed by atoms with van der Waals surface area (Å²) in [6.07, 6.45) is 7.42. The van der Waals surface area contributed by atoms with Crippen molar-refractivity contribution in [3.63, 3.8) is 0 Å². The van der Waals surface area contributed by atoms with Gasteiger partial charge in [0.25, 0.3) is 0 Å². The van der Waals surface area contributed by atoms with Gasteiger partial charge in [-0.1, -0.05) is 40.0 Å². The highest BCUT2D eigenvalue weighted by molar-refractivity contribution is 5.82. The second-order valence-electron chi connectivity index (χ2n) is 6.80. The van der Waals surface area contributed by atoms with Gasteiger partial charge in [-0.2, -0.15) is 0 Å². The smallest absolute Gasteiger partial charge is 0.225 e. The number of aliphatic hydroxyl groups is 1. The van der Waals surface area contributed by atoms with Crippen LogP contribution >= 0.6 is 0 Å². The average molecular weight is 255 g/mol. The quantitative estimate of drug-likeness (QED) is 0.766. The van der Waals surface area contributed by atoms with E-state index in [0.717, 1.165) is 25.7 Å². The van der Waals surface area contributed by atoms with Gasteiger partial charge >= 0.3 is 0 Å². The van der Waals surface area contributed by atoms with Gasteiger partial charge in [0.15, 0.2) is 0 Å². The largest absolute Gasteiger partial charge is 0.396 e. The lowest BCUT2D eigenvalue weighted by Crippen LogP contribution is -2.43. The van der Waals surface area contributed by atoms with Crippen LogP contribution in [0.2, 0.25) is 0 Å². The maximum absolute atomic E-state index is 12.3. The molecule has 0 aliphatic heterocycles. The van der Waals surface area contributed by atoms with Crippen LogP contribution in [-0.2, 0) is 4.79 Å². The molecule has 0 radical (unpaired) electrons. The van der Waals surface area contributed by atoms with Crippen LogP contribution in [0.5, 0.6) is 0 Å². The van der Waals surface area contributed by atoms with E-state index in [1.165, 1.54) is 19.3 Å². The second kappa shape index (κ2) is 6.55. The van der Waals surface area contributed by atoms with Crippen molar-refractivity contribution in [2.45, 2.75) is 65.7 Å². The van der Waals surface area contributed by atoms with Crippen LogP contribution in [0.3, 0.4) is 0 Å². The number of rotatable bonds is 6. The normalized spacial score (nSPS) is 19.6. The van der Waals surface area contributed by atoms with Crippen molar-refractivity contribution in [3.05, 3.63) is 0 Å². The van der Waals surface area contributed by atoms with Crippen LogP contribution in [0.15, 0.2) is 0 Å². The van der Waals surface area contributed by atoms with E-state index in [0.29, 0.717) is 6.54 Å². The molecule has 1 aliphatic rings. The summed E-state index contributed by atoms with van der Waals surface area (Å²) in [4.78, 5) is 12.3. The minimum absolute atomic E-state index is 0.0728. The summed E-state index contributed by atoms with van der Waals surface area (Å²) in [5.41, 5.74) is -0.0747. The third-order valence-electron chi connectivity index (χ3n) is 4.24. The molecule has 3 heteroatoms. The topological polar surface area (TPSA) is 49.3 Å². The van der Waals surface area contributed by atoms with Crippen molar-refractivity contribution in [3.8, 4) is 0 Å². The van der Waals surface area contributed by atoms with E-state index in [1.807, 2.05) is 0 Å². The summed E-state index contributed by atoms with van der Waals surface area (Å²) in [5.74, 6) is 0.222. The molecule has 1 saturated carbocycles. The minimum atomic E-state index is -0.148. The number of aliphatic hydroxyl groups excluding tert-OH is 1. The molecule has 2 N–H and O–H groups in total. The molecule has 18 heavy (non-hydrogen) atoms. The number of hydrogen-bond acceptors (Lipinski definition) is 2. The lowest BCUT2D eigenvalue weighted by Gasteiger charge is -2.34. The first-order valence-corrected chi connectivity index (χ1v) is 7.29. The highest BCUT2D eigenvalue weighted by Gasteiger charge is 2.34. The Balaban J connectivity index is 2.40. The minimum Gasteiger partial charge on any atom is -0.396 e. The molecule has 0 aromatic carbocycles. The summed E-state index contributed by atoms with van der Waals surface area (Å²) in [5, 5.41) is 12.0. The van der Waals surface area contributed by atoms with E-state index < -0.39 is 0 Å². The molecule has 0 aromatic heterocycles. The maximum atomic E-state index is 12.3. The number of carbonyl (C=O) groups is 1. The molecule has 106 valence electrons. The van der Waals surface area contributed by atoms with E-state index in [4.69, 9.17) is 5.11 Å². The van der Waals surface area contributed by atoms with Gasteiger partial charge in [-0.05, 0) is 31.1 Å². The van der Waals surface area contributed by atoms with Gasteiger partial charge in [0.2, 0.25) is 5.91 Å². The Labute approximate surface area is 111 Å². The second-order valence-corrected chi connectivity index (χ2v) is 6.80. The Morgan fingerprint density at radius 2 is 1.89 bits per heavy atom. The summed E-state index contributed by atoms with van der Waals surface area (Å²) >= 11 is 0. The van der Waals surface area contributed by atoms with Gasteiger partial charge in [0, 0.05) is 18.6 Å². The zero-order valence-electron chi connectivity index (χ0n) is 12.2. The summed E-state index contributed by atoms with van der Waals surface area (Å²) in [6, 6.07) is 0. The Kier molecular flexibility index (Phi) is 5.64. The molecule has 1 amide bonds. The summed E-state index contributed by atoms with van der Waals surface area (Å²) < 4.78 is 0. The predicted molar refractivity (Wildman–Crippen MR) is 74.3 cm³/mol. The molecular formula is C15H29NO2. The molecule has 1 rings (SSSR count). The average Bonchev–Trinajstić information content (AvgIpc) is 2.34. The summed E-state index contributed by atoms with van der Waals surface area (Å²) in [6.45, 7) is 7.33. The fourth-order valence-electron chi connectivity index (χ4n) is 2.74. The van der Waals surface area contributed by atoms with Crippen LogP contribution in [0.4, 0.5) is 0 Å². The van der Waals surface area contributed by atoms with Gasteiger partial charge in [0.05, 0.1) is 0 Å². The van der Waals surface area contributed by atoms with Crippen LogP contribution < -0.4 is 5.32 Å². The molecule has 0 heterocycles. The maximum Gasteiger partial charge on any atom is 0.225 e. The Hall–Kier alpha value is -0.570. The first-order valence-electron chi connectivity index (χ1n) is 7.29. The van der Waals surface area contributed by atoms with E-state index in [2.05, 4.69) is 26.1 Å². The molecule has 0 saturated heterocycles. The van der Waals surface area contributed by atoms with E-state index in [9.17, 15) is 4.79 Å². The standard InChI is InChI=1S/C15H29NO2/c1-14(2,8-7-11-17)12-16-13(18)15(3)9-5-4-6-10-15/h17H,4-12H2,1-3H3,(H,16,18). The van der Waals surface area contributed by atoms with Crippen LogP contribution in [0, 0.1) is 10.8 Å². The van der Waals surface area contributed by atoms with Crippen molar-refractivity contribution >= 4 is 5.91 Å². The zero-order valence-corrected chi connectivity index (χ0v) is 12.2. The number of nitrogens with one attached hydrogen (secondary N) is 1. The SMILES string of the molecule is CC(C)(CCCO)CNC(=O)C1(C)CCCCC1. The van der Waals surface area contributed by atoms with Gasteiger partial charge in [0.1, 0.15) is 0 Å². The number of carbonyl (C=O) groups excluding carboxylic acids is 1. The van der Waals surface area contributed by atoms with E-state index in [-0.39, 0.29) is 23.3 Å². The zero-order chi connectivity index (χ0) is 13.6. The van der Waals surface area contributed by atoms with Crippen LogP contribution in [0.1, 0.15) is 65.7 Å². The summed E-state index contributed by atoms with van der Waals surface area (Å²) in [7, 11) is 0. The molecule has 1 fully saturated rings. The molecular weight excluding hydrogens is 226 g/mol. The Morgan fingerprint density at radius 3 is 2.44 bits per heavy atom. The third kappa shape index (κ3) is 4.60. The van der Waals surface area contributed by atoms with Gasteiger partial charge in [-0.15, -0.1) is 0 Å². The monoisotopic (exact) mass is 255 g/mol. The molecule has 0 unspecified atom stereocenters. The molecule has 0 atom stereocenters. The Morgan fingerprint density at radius 1 is 1.28 bits per heavy atom. The predicted octanol–water partition coefficient (Wildman–Crippen LogP) is 2.87. The fraction of sp³-hybridized carbons (Fsp3) is 0.933. The third-order valence-corrected chi connectivity index (χ3v) is 4.24. The lowest BCUT2D eigenvalue weighted by molar-refractivity contribution is -0.132. The first kappa shape index (κ1) is 15.5. The molecule has 0 bridgehead atoms. The number of amides is 1. The van der Waals surface area contributed by atoms with Crippen LogP contribution in [0.25, 0.3) is 0 Å². The van der Waals surface area contributed by atoms with Crippen molar-refractivity contribution in [1.82, 2.24) is 5.32 Å². The highest BCUT2D eigenvalue weighted by atomic mass is 16.2. The van der Waals surface area contributed by atoms with E-state index >= 15 is 0 Å². The number of hydrogen-bond donors (Lipinski definition) is 2. The molecule has 0 aromatic rings. The van der Waals surface area contributed by atoms with E-state index in [1.54, 1.807) is 0 Å². The van der Waals surface area contributed by atoms with Crippen molar-refractivity contribution in [2.24, 2.45) is 10.8 Å². The molecule has 0 spiro atoms. The van der Waals surface area contributed by atoms with Gasteiger partial charge in [-0.25, -0.2) is 0 Å². The van der Waals surface area contributed by atoms with Crippen molar-refractivity contribution in [2.75, 3.05) is 13.2 Å². The fourth-order valence-corrected chi connectivity index (χ4v) is 2.74. The molecule has 3 nitrogen and oxygen atoms in total. The van der Waals surface area contributed by atoms with Crippen molar-refractivity contribution < 1.29 is 9.90 Å².